The first-order valence-electron chi connectivity index (χ1n) is 30.6. The van der Waals surface area contributed by atoms with Gasteiger partial charge in [0.25, 0.3) is 6.29 Å². The monoisotopic (exact) mass is 1040 g/mol. The highest BCUT2D eigenvalue weighted by Crippen LogP contribution is 2.17. The summed E-state index contributed by atoms with van der Waals surface area (Å²) in [6.07, 6.45) is 69.9. The predicted molar refractivity (Wildman–Crippen MR) is 313 cm³/mol. The van der Waals surface area contributed by atoms with Crippen LogP contribution in [0.2, 0.25) is 0 Å². The number of aliphatic carboxylic acids is 1. The van der Waals surface area contributed by atoms with Crippen molar-refractivity contribution in [1.82, 2.24) is 0 Å². The molecule has 0 saturated carbocycles. The van der Waals surface area contributed by atoms with Gasteiger partial charge in [-0.05, 0) is 83.5 Å². The Morgan fingerprint density at radius 2 is 0.770 bits per heavy atom. The number of nitrogens with zero attached hydrogens (tertiary/aromatic N) is 1. The molecule has 0 aliphatic heterocycles. The zero-order chi connectivity index (χ0) is 54.1. The van der Waals surface area contributed by atoms with Crippen molar-refractivity contribution in [3.05, 3.63) is 72.9 Å². The Balaban J connectivity index is 4.15. The largest absolute Gasteiger partial charge is 0.477 e. The Kier molecular flexibility index (Phi) is 53.5. The van der Waals surface area contributed by atoms with Crippen molar-refractivity contribution in [2.24, 2.45) is 0 Å². The molecule has 0 aromatic heterocycles. The summed E-state index contributed by atoms with van der Waals surface area (Å²) in [5.41, 5.74) is 0. The Morgan fingerprint density at radius 3 is 1.15 bits per heavy atom. The van der Waals surface area contributed by atoms with E-state index in [0.29, 0.717) is 17.4 Å². The topological polar surface area (TPSA) is 108 Å². The van der Waals surface area contributed by atoms with Crippen molar-refractivity contribution >= 4 is 17.9 Å². The van der Waals surface area contributed by atoms with E-state index in [4.69, 9.17) is 18.9 Å². The van der Waals surface area contributed by atoms with Gasteiger partial charge < -0.3 is 28.5 Å². The summed E-state index contributed by atoms with van der Waals surface area (Å²) in [4.78, 5) is 37.5. The molecule has 0 spiro atoms. The molecule has 9 heteroatoms. The quantitative estimate of drug-likeness (QED) is 0.0211. The Bertz CT molecular complexity index is 1440. The van der Waals surface area contributed by atoms with Gasteiger partial charge in [-0.3, -0.25) is 9.59 Å². The van der Waals surface area contributed by atoms with E-state index in [1.165, 1.54) is 154 Å². The Morgan fingerprint density at radius 1 is 0.419 bits per heavy atom. The molecule has 2 unspecified atom stereocenters. The number of hydrogen-bond acceptors (Lipinski definition) is 7. The molecule has 0 rings (SSSR count). The molecule has 0 aliphatic rings. The molecule has 1 N–H and O–H groups in total. The van der Waals surface area contributed by atoms with Crippen molar-refractivity contribution < 1.29 is 42.9 Å². The maximum atomic E-state index is 12.9. The first-order chi connectivity index (χ1) is 36.1. The van der Waals surface area contributed by atoms with Gasteiger partial charge in [0.05, 0.1) is 34.4 Å². The lowest BCUT2D eigenvalue weighted by Crippen LogP contribution is -2.40. The van der Waals surface area contributed by atoms with E-state index in [1.54, 1.807) is 0 Å². The normalized spacial score (nSPS) is 13.3. The zero-order valence-electron chi connectivity index (χ0n) is 48.7. The van der Waals surface area contributed by atoms with Gasteiger partial charge in [-0.2, -0.15) is 0 Å². The summed E-state index contributed by atoms with van der Waals surface area (Å²) in [5, 5.41) is 9.71. The van der Waals surface area contributed by atoms with Crippen LogP contribution in [-0.2, 0) is 33.3 Å². The van der Waals surface area contributed by atoms with E-state index in [1.807, 2.05) is 21.1 Å². The molecule has 0 aromatic carbocycles. The molecule has 428 valence electrons. The molecule has 0 amide bonds. The Hall–Kier alpha value is -3.27. The van der Waals surface area contributed by atoms with Gasteiger partial charge >= 0.3 is 17.9 Å². The van der Waals surface area contributed by atoms with Crippen molar-refractivity contribution in [2.45, 2.75) is 277 Å². The third kappa shape index (κ3) is 56.5. The molecule has 9 nitrogen and oxygen atoms in total. The molecule has 0 aliphatic carbocycles. The summed E-state index contributed by atoms with van der Waals surface area (Å²) < 4.78 is 22.9. The molecule has 74 heavy (non-hydrogen) atoms. The third-order valence-corrected chi connectivity index (χ3v) is 13.2. The molecule has 0 aromatic rings. The molecule has 0 heterocycles. The van der Waals surface area contributed by atoms with Crippen LogP contribution < -0.4 is 0 Å². The number of likely N-dealkylation sites (N-methyl/N-ethyl adjacent to an activating group) is 1. The first-order valence-corrected chi connectivity index (χ1v) is 30.6. The number of quaternary nitrogens is 1. The lowest BCUT2D eigenvalue weighted by molar-refractivity contribution is -0.870. The average Bonchev–Trinajstić information content (AvgIpc) is 3.37. The number of carboxylic acid groups (broad SMARTS) is 1. The predicted octanol–water partition coefficient (Wildman–Crippen LogP) is 18.2. The van der Waals surface area contributed by atoms with Crippen molar-refractivity contribution in [3.63, 3.8) is 0 Å². The van der Waals surface area contributed by atoms with Gasteiger partial charge in [-0.15, -0.1) is 0 Å². The highest BCUT2D eigenvalue weighted by molar-refractivity contribution is 5.71. The molecule has 0 radical (unpaired) electrons. The van der Waals surface area contributed by atoms with Crippen LogP contribution in [0.5, 0.6) is 0 Å². The molecule has 0 fully saturated rings. The van der Waals surface area contributed by atoms with Crippen LogP contribution in [0.4, 0.5) is 0 Å². The zero-order valence-corrected chi connectivity index (χ0v) is 48.7. The van der Waals surface area contributed by atoms with E-state index in [0.717, 1.165) is 83.5 Å². The van der Waals surface area contributed by atoms with Gasteiger partial charge in [0, 0.05) is 12.8 Å². The fourth-order valence-corrected chi connectivity index (χ4v) is 8.51. The summed E-state index contributed by atoms with van der Waals surface area (Å²) >= 11 is 0. The standard InChI is InChI=1S/C65H115NO8/c1-6-8-10-12-14-16-18-20-22-24-26-27-28-29-30-31-32-33-34-35-36-37-38-40-42-44-46-48-50-52-54-56-63(68)74-61(60-73-65(64(69)70)71-58-57-66(3,4)5)59-72-62(67)55-53-51-49-47-45-43-41-39-25-23-21-19-17-15-13-11-9-7-2/h8,10,14,16-17,19-20,22-23,25-27,61,65H,6-7,9,11-13,15,18,21,24,28-60H2,1-5H3/p+1/b10-8-,16-14-,19-17-,22-20-,25-23-,27-26-. The second kappa shape index (κ2) is 55.9. The summed E-state index contributed by atoms with van der Waals surface area (Å²) in [6.45, 7) is 4.76. The highest BCUT2D eigenvalue weighted by atomic mass is 16.7. The van der Waals surface area contributed by atoms with Crippen LogP contribution in [0.3, 0.4) is 0 Å². The minimum atomic E-state index is -1.51. The van der Waals surface area contributed by atoms with Crippen LogP contribution in [-0.4, -0.2) is 87.4 Å². The summed E-state index contributed by atoms with van der Waals surface area (Å²) in [7, 11) is 5.97. The molecule has 2 atom stereocenters. The van der Waals surface area contributed by atoms with Crippen LogP contribution >= 0.6 is 0 Å². The minimum absolute atomic E-state index is 0.185. The number of hydrogen-bond donors (Lipinski definition) is 1. The average molecular weight is 1040 g/mol. The van der Waals surface area contributed by atoms with Gasteiger partial charge in [-0.25, -0.2) is 4.79 Å². The van der Waals surface area contributed by atoms with Crippen LogP contribution in [0.15, 0.2) is 72.9 Å². The number of carbonyl (C=O) groups excluding carboxylic acids is 2. The van der Waals surface area contributed by atoms with Gasteiger partial charge in [0.15, 0.2) is 6.10 Å². The fourth-order valence-electron chi connectivity index (χ4n) is 8.51. The van der Waals surface area contributed by atoms with Crippen LogP contribution in [0.25, 0.3) is 0 Å². The second-order valence-electron chi connectivity index (χ2n) is 21.6. The minimum Gasteiger partial charge on any atom is -0.477 e. The SMILES string of the molecule is CC/C=C\C/C=C\C/C=C\C/C=C\CCCCCCCCCCCCCCCCCCCCC(=O)OC(COC(=O)CCCCCCCCC/C=C\C/C=C\CCCCCC)COC(OCC[N+](C)(C)C)C(=O)O. The number of esters is 2. The summed E-state index contributed by atoms with van der Waals surface area (Å²) in [6, 6.07) is 0. The van der Waals surface area contributed by atoms with Crippen molar-refractivity contribution in [2.75, 3.05) is 47.5 Å². The molecular formula is C65H116NO8+. The fraction of sp³-hybridized carbons (Fsp3) is 0.769. The van der Waals surface area contributed by atoms with E-state index >= 15 is 0 Å². The van der Waals surface area contributed by atoms with Gasteiger partial charge in [-0.1, -0.05) is 241 Å². The number of allylic oxidation sites excluding steroid dienone is 12. The van der Waals surface area contributed by atoms with Crippen molar-refractivity contribution in [1.29, 1.82) is 0 Å². The van der Waals surface area contributed by atoms with Gasteiger partial charge in [0.2, 0.25) is 0 Å². The van der Waals surface area contributed by atoms with E-state index < -0.39 is 24.3 Å². The smallest absolute Gasteiger partial charge is 0.361 e. The van der Waals surface area contributed by atoms with Crippen LogP contribution in [0, 0.1) is 0 Å². The lowest BCUT2D eigenvalue weighted by Gasteiger charge is -2.25. The molecule has 0 saturated heterocycles. The third-order valence-electron chi connectivity index (χ3n) is 13.2. The van der Waals surface area contributed by atoms with E-state index in [2.05, 4.69) is 86.8 Å². The molecule has 0 bridgehead atoms. The first kappa shape index (κ1) is 70.7. The highest BCUT2D eigenvalue weighted by Gasteiger charge is 2.25. The van der Waals surface area contributed by atoms with Gasteiger partial charge in [0.1, 0.15) is 13.2 Å². The number of rotatable bonds is 56. The van der Waals surface area contributed by atoms with E-state index in [9.17, 15) is 19.5 Å². The summed E-state index contributed by atoms with van der Waals surface area (Å²) in [5.74, 6) is -2.01. The number of unbranched alkanes of at least 4 members (excludes halogenated alkanes) is 29. The second-order valence-corrected chi connectivity index (χ2v) is 21.6. The molecular weight excluding hydrogens is 923 g/mol. The van der Waals surface area contributed by atoms with E-state index in [-0.39, 0.29) is 32.2 Å². The van der Waals surface area contributed by atoms with Crippen LogP contribution in [0.1, 0.15) is 264 Å². The number of ether oxygens (including phenoxy) is 4. The number of carbonyl (C=O) groups is 3. The number of carboxylic acids is 1. The lowest BCUT2D eigenvalue weighted by atomic mass is 10.0. The Labute approximate surface area is 456 Å². The maximum absolute atomic E-state index is 12.9. The van der Waals surface area contributed by atoms with Crippen molar-refractivity contribution in [3.8, 4) is 0 Å². The maximum Gasteiger partial charge on any atom is 0.361 e.